The Morgan fingerprint density at radius 3 is 2.71 bits per heavy atom. The minimum absolute atomic E-state index is 0.884. The Morgan fingerprint density at radius 2 is 2.06 bits per heavy atom. The molecule has 17 heavy (non-hydrogen) atoms. The molecule has 0 saturated heterocycles. The summed E-state index contributed by atoms with van der Waals surface area (Å²) in [6.07, 6.45) is 4.97. The van der Waals surface area contributed by atoms with E-state index in [0.29, 0.717) is 0 Å². The summed E-state index contributed by atoms with van der Waals surface area (Å²) < 4.78 is 2.04. The van der Waals surface area contributed by atoms with Gasteiger partial charge in [-0.2, -0.15) is 0 Å². The van der Waals surface area contributed by atoms with Crippen LogP contribution in [-0.4, -0.2) is 21.1 Å². The van der Waals surface area contributed by atoms with E-state index >= 15 is 0 Å². The molecule has 4 nitrogen and oxygen atoms in total. The van der Waals surface area contributed by atoms with Crippen molar-refractivity contribution in [2.75, 3.05) is 11.9 Å². The molecule has 0 radical (unpaired) electrons. The zero-order chi connectivity index (χ0) is 12.3. The van der Waals surface area contributed by atoms with Crippen LogP contribution in [0, 0.1) is 13.8 Å². The number of anilines is 1. The van der Waals surface area contributed by atoms with Gasteiger partial charge in [-0.05, 0) is 32.4 Å². The van der Waals surface area contributed by atoms with Crippen LogP contribution in [0.15, 0.2) is 24.5 Å². The van der Waals surface area contributed by atoms with E-state index in [-0.39, 0.29) is 0 Å². The fourth-order valence-corrected chi connectivity index (χ4v) is 1.66. The molecule has 0 spiro atoms. The number of nitrogens with zero attached hydrogens (tertiary/aromatic N) is 3. The Balaban J connectivity index is 2.33. The smallest absolute Gasteiger partial charge is 0.207 e. The zero-order valence-corrected chi connectivity index (χ0v) is 10.6. The highest BCUT2D eigenvalue weighted by molar-refractivity contribution is 5.42. The zero-order valence-electron chi connectivity index (χ0n) is 10.6. The van der Waals surface area contributed by atoms with E-state index in [2.05, 4.69) is 28.3 Å². The minimum atomic E-state index is 0.884. The minimum Gasteiger partial charge on any atom is -0.355 e. The van der Waals surface area contributed by atoms with Crippen molar-refractivity contribution in [1.82, 2.24) is 14.5 Å². The van der Waals surface area contributed by atoms with E-state index in [1.165, 1.54) is 0 Å². The van der Waals surface area contributed by atoms with E-state index in [0.717, 1.165) is 36.0 Å². The summed E-state index contributed by atoms with van der Waals surface area (Å²) in [6, 6.07) is 4.06. The highest BCUT2D eigenvalue weighted by Gasteiger charge is 2.06. The molecule has 1 N–H and O–H groups in total. The first-order valence-corrected chi connectivity index (χ1v) is 5.93. The van der Waals surface area contributed by atoms with Crippen LogP contribution in [0.1, 0.15) is 24.7 Å². The van der Waals surface area contributed by atoms with E-state index in [4.69, 9.17) is 0 Å². The first-order chi connectivity index (χ1) is 8.20. The van der Waals surface area contributed by atoms with Gasteiger partial charge in [0.05, 0.1) is 17.6 Å². The molecule has 0 aliphatic carbocycles. The predicted octanol–water partition coefficient (Wildman–Crippen LogP) is 2.71. The monoisotopic (exact) mass is 230 g/mol. The number of hydrogen-bond acceptors (Lipinski definition) is 3. The Hall–Kier alpha value is -1.84. The molecular formula is C13H18N4. The van der Waals surface area contributed by atoms with Gasteiger partial charge >= 0.3 is 0 Å². The van der Waals surface area contributed by atoms with Gasteiger partial charge in [-0.25, -0.2) is 4.98 Å². The molecule has 0 amide bonds. The van der Waals surface area contributed by atoms with Gasteiger partial charge in [-0.3, -0.25) is 9.55 Å². The maximum Gasteiger partial charge on any atom is 0.207 e. The van der Waals surface area contributed by atoms with Gasteiger partial charge in [0.15, 0.2) is 0 Å². The first-order valence-electron chi connectivity index (χ1n) is 5.93. The summed E-state index contributed by atoms with van der Waals surface area (Å²) in [5.74, 6) is 0.884. The van der Waals surface area contributed by atoms with Crippen LogP contribution in [0.3, 0.4) is 0 Å². The number of hydrogen-bond donors (Lipinski definition) is 1. The van der Waals surface area contributed by atoms with E-state index < -0.39 is 0 Å². The molecule has 0 aromatic carbocycles. The molecule has 0 saturated carbocycles. The summed E-state index contributed by atoms with van der Waals surface area (Å²) in [5.41, 5.74) is 3.06. The number of rotatable bonds is 4. The summed E-state index contributed by atoms with van der Waals surface area (Å²) >= 11 is 0. The van der Waals surface area contributed by atoms with Gasteiger partial charge < -0.3 is 5.32 Å². The van der Waals surface area contributed by atoms with Gasteiger partial charge in [0, 0.05) is 18.4 Å². The molecule has 90 valence electrons. The average Bonchev–Trinajstić information content (AvgIpc) is 2.69. The lowest BCUT2D eigenvalue weighted by molar-refractivity contribution is 0.933. The van der Waals surface area contributed by atoms with Crippen molar-refractivity contribution in [2.45, 2.75) is 27.2 Å². The van der Waals surface area contributed by atoms with E-state index in [9.17, 15) is 0 Å². The summed E-state index contributed by atoms with van der Waals surface area (Å²) in [5, 5.41) is 3.32. The maximum absolute atomic E-state index is 4.47. The van der Waals surface area contributed by atoms with Crippen LogP contribution in [0.2, 0.25) is 0 Å². The molecule has 2 heterocycles. The first kappa shape index (κ1) is 11.6. The number of imidazole rings is 1. The second kappa shape index (κ2) is 4.99. The Bertz CT molecular complexity index is 485. The largest absolute Gasteiger partial charge is 0.355 e. The van der Waals surface area contributed by atoms with Gasteiger partial charge in [0.25, 0.3) is 0 Å². The predicted molar refractivity (Wildman–Crippen MR) is 69.6 cm³/mol. The van der Waals surface area contributed by atoms with Crippen molar-refractivity contribution < 1.29 is 0 Å². The fourth-order valence-electron chi connectivity index (χ4n) is 1.66. The number of aromatic nitrogens is 3. The maximum atomic E-state index is 4.47. The molecule has 0 bridgehead atoms. The SMILES string of the molecule is CCCNc1nc(C)cn1-c1ccc(C)nc1. The van der Waals surface area contributed by atoms with E-state index in [1.54, 1.807) is 0 Å². The second-order valence-electron chi connectivity index (χ2n) is 4.16. The highest BCUT2D eigenvalue weighted by Crippen LogP contribution is 2.15. The number of aryl methyl sites for hydroxylation is 2. The molecular weight excluding hydrogens is 212 g/mol. The molecule has 2 aromatic heterocycles. The lowest BCUT2D eigenvalue weighted by atomic mass is 10.3. The van der Waals surface area contributed by atoms with Crippen molar-refractivity contribution in [1.29, 1.82) is 0 Å². The van der Waals surface area contributed by atoms with Crippen molar-refractivity contribution in [3.05, 3.63) is 35.9 Å². The van der Waals surface area contributed by atoms with Gasteiger partial charge in [0.1, 0.15) is 0 Å². The molecule has 0 aliphatic rings. The Labute approximate surface area is 102 Å². The topological polar surface area (TPSA) is 42.7 Å². The summed E-state index contributed by atoms with van der Waals surface area (Å²) in [7, 11) is 0. The molecule has 0 unspecified atom stereocenters. The number of pyridine rings is 1. The van der Waals surface area contributed by atoms with E-state index in [1.807, 2.05) is 36.9 Å². The van der Waals surface area contributed by atoms with Crippen LogP contribution in [0.25, 0.3) is 5.69 Å². The quantitative estimate of drug-likeness (QED) is 0.878. The van der Waals surface area contributed by atoms with Gasteiger partial charge in [-0.1, -0.05) is 6.92 Å². The third kappa shape index (κ3) is 2.64. The molecule has 2 rings (SSSR count). The van der Waals surface area contributed by atoms with Gasteiger partial charge in [-0.15, -0.1) is 0 Å². The normalized spacial score (nSPS) is 10.5. The van der Waals surface area contributed by atoms with Crippen LogP contribution in [0.5, 0.6) is 0 Å². The van der Waals surface area contributed by atoms with Crippen molar-refractivity contribution >= 4 is 5.95 Å². The lowest BCUT2D eigenvalue weighted by Crippen LogP contribution is -2.06. The number of nitrogens with one attached hydrogen (secondary N) is 1. The van der Waals surface area contributed by atoms with Crippen LogP contribution in [0.4, 0.5) is 5.95 Å². The van der Waals surface area contributed by atoms with Crippen molar-refractivity contribution in [2.24, 2.45) is 0 Å². The third-order valence-corrected chi connectivity index (χ3v) is 2.53. The highest BCUT2D eigenvalue weighted by atomic mass is 15.2. The second-order valence-corrected chi connectivity index (χ2v) is 4.16. The van der Waals surface area contributed by atoms with Crippen LogP contribution < -0.4 is 5.32 Å². The average molecular weight is 230 g/mol. The molecule has 0 fully saturated rings. The Morgan fingerprint density at radius 1 is 1.24 bits per heavy atom. The molecule has 0 aliphatic heterocycles. The van der Waals surface area contributed by atoms with Crippen molar-refractivity contribution in [3.8, 4) is 5.69 Å². The van der Waals surface area contributed by atoms with Crippen molar-refractivity contribution in [3.63, 3.8) is 0 Å². The standard InChI is InChI=1S/C13H18N4/c1-4-7-14-13-16-11(3)9-17(13)12-6-5-10(2)15-8-12/h5-6,8-9H,4,7H2,1-3H3,(H,14,16). The van der Waals surface area contributed by atoms with Gasteiger partial charge in [0.2, 0.25) is 5.95 Å². The van der Waals surface area contributed by atoms with Crippen LogP contribution in [-0.2, 0) is 0 Å². The summed E-state index contributed by atoms with van der Waals surface area (Å²) in [4.78, 5) is 8.78. The Kier molecular flexibility index (Phi) is 3.42. The fraction of sp³-hybridized carbons (Fsp3) is 0.385. The van der Waals surface area contributed by atoms with Crippen LogP contribution >= 0.6 is 0 Å². The molecule has 2 aromatic rings. The third-order valence-electron chi connectivity index (χ3n) is 2.53. The summed E-state index contributed by atoms with van der Waals surface area (Å²) in [6.45, 7) is 7.05. The lowest BCUT2D eigenvalue weighted by Gasteiger charge is -2.08. The molecule has 4 heteroatoms. The molecule has 0 atom stereocenters.